The summed E-state index contributed by atoms with van der Waals surface area (Å²) in [6, 6.07) is 55.4. The van der Waals surface area contributed by atoms with E-state index in [0.717, 1.165) is 28.1 Å². The maximum Gasteiger partial charge on any atom is 0.231 e. The number of nitrogens with zero attached hydrogens (tertiary/aromatic N) is 3. The second kappa shape index (κ2) is 10.7. The molecule has 1 aliphatic heterocycles. The summed E-state index contributed by atoms with van der Waals surface area (Å²) in [5, 5.41) is 11.2. The average Bonchev–Trinajstić information content (AvgIpc) is 3.65. The van der Waals surface area contributed by atoms with Gasteiger partial charge in [0.2, 0.25) is 5.95 Å². The number of benzene rings is 8. The van der Waals surface area contributed by atoms with E-state index in [9.17, 15) is 0 Å². The molecule has 0 N–H and O–H groups in total. The van der Waals surface area contributed by atoms with E-state index >= 15 is 0 Å². The normalized spacial score (nSPS) is 18.1. The number of hydrogen-bond donors (Lipinski definition) is 0. The largest absolute Gasteiger partial charge is 0.302 e. The Hall–Kier alpha value is -6.58. The zero-order chi connectivity index (χ0) is 35.7. The van der Waals surface area contributed by atoms with E-state index in [1.165, 1.54) is 76.6 Å². The SMILES string of the molecule is CC1(C)C2=CC3C(C=C2c2ccccc21)c1cc2c4ccccc4c4ccccc4c2cc1N3c1nc(-c2ccc3ccccc3c2)c2ccccc2n1. The van der Waals surface area contributed by atoms with Gasteiger partial charge in [-0.15, -0.1) is 0 Å². The van der Waals surface area contributed by atoms with Crippen molar-refractivity contribution in [2.75, 3.05) is 4.90 Å². The molecular formula is C51H35N3. The van der Waals surface area contributed by atoms with E-state index in [4.69, 9.17) is 9.97 Å². The highest BCUT2D eigenvalue weighted by atomic mass is 15.3. The van der Waals surface area contributed by atoms with Gasteiger partial charge in [0, 0.05) is 28.0 Å². The van der Waals surface area contributed by atoms with Gasteiger partial charge in [-0.2, -0.15) is 0 Å². The van der Waals surface area contributed by atoms with E-state index in [2.05, 4.69) is 183 Å². The Morgan fingerprint density at radius 1 is 0.537 bits per heavy atom. The molecule has 2 atom stereocenters. The molecule has 12 rings (SSSR count). The zero-order valence-electron chi connectivity index (χ0n) is 30.1. The lowest BCUT2D eigenvalue weighted by Crippen LogP contribution is -2.32. The molecule has 2 unspecified atom stereocenters. The molecule has 0 amide bonds. The van der Waals surface area contributed by atoms with Crippen LogP contribution in [-0.4, -0.2) is 16.0 Å². The average molecular weight is 690 g/mol. The number of para-hydroxylation sites is 1. The van der Waals surface area contributed by atoms with E-state index < -0.39 is 0 Å². The Morgan fingerprint density at radius 3 is 1.94 bits per heavy atom. The minimum atomic E-state index is -0.120. The predicted molar refractivity (Wildman–Crippen MR) is 226 cm³/mol. The third kappa shape index (κ3) is 4.01. The number of fused-ring (bicyclic) bond motifs is 14. The number of anilines is 2. The van der Waals surface area contributed by atoms with Gasteiger partial charge in [0.05, 0.1) is 17.3 Å². The fraction of sp³-hybridized carbons (Fsp3) is 0.0980. The van der Waals surface area contributed by atoms with Gasteiger partial charge in [-0.05, 0) is 95.2 Å². The Kier molecular flexibility index (Phi) is 5.96. The molecule has 0 radical (unpaired) electrons. The molecule has 3 aliphatic rings. The lowest BCUT2D eigenvalue weighted by molar-refractivity contribution is 0.637. The second-order valence-corrected chi connectivity index (χ2v) is 15.7. The fourth-order valence-corrected chi connectivity index (χ4v) is 9.99. The molecule has 254 valence electrons. The van der Waals surface area contributed by atoms with Crippen LogP contribution in [0.25, 0.3) is 70.8 Å². The molecule has 9 aromatic rings. The minimum Gasteiger partial charge on any atom is -0.302 e. The Morgan fingerprint density at radius 2 is 1.17 bits per heavy atom. The van der Waals surface area contributed by atoms with E-state index in [0.29, 0.717) is 0 Å². The van der Waals surface area contributed by atoms with Crippen LogP contribution in [0.2, 0.25) is 0 Å². The molecule has 0 spiro atoms. The van der Waals surface area contributed by atoms with Gasteiger partial charge in [-0.1, -0.05) is 153 Å². The van der Waals surface area contributed by atoms with Crippen LogP contribution in [0.1, 0.15) is 36.5 Å². The smallest absolute Gasteiger partial charge is 0.231 e. The first-order chi connectivity index (χ1) is 26.5. The molecule has 3 nitrogen and oxygen atoms in total. The molecule has 0 bridgehead atoms. The number of rotatable bonds is 2. The summed E-state index contributed by atoms with van der Waals surface area (Å²) in [5.74, 6) is 0.853. The third-order valence-electron chi connectivity index (χ3n) is 12.5. The van der Waals surface area contributed by atoms with Crippen molar-refractivity contribution in [1.29, 1.82) is 0 Å². The first-order valence-electron chi connectivity index (χ1n) is 19.0. The van der Waals surface area contributed by atoms with Crippen LogP contribution < -0.4 is 4.90 Å². The molecule has 8 aromatic carbocycles. The minimum absolute atomic E-state index is 0.00675. The predicted octanol–water partition coefficient (Wildman–Crippen LogP) is 12.8. The van der Waals surface area contributed by atoms with Crippen molar-refractivity contribution in [2.24, 2.45) is 0 Å². The van der Waals surface area contributed by atoms with Gasteiger partial charge >= 0.3 is 0 Å². The molecule has 3 heteroatoms. The second-order valence-electron chi connectivity index (χ2n) is 15.7. The maximum atomic E-state index is 5.57. The van der Waals surface area contributed by atoms with Gasteiger partial charge in [0.1, 0.15) is 0 Å². The van der Waals surface area contributed by atoms with Crippen LogP contribution in [0.15, 0.2) is 169 Å². The van der Waals surface area contributed by atoms with Crippen LogP contribution in [0.3, 0.4) is 0 Å². The van der Waals surface area contributed by atoms with Crippen molar-refractivity contribution in [3.8, 4) is 11.3 Å². The Bertz CT molecular complexity index is 3170. The summed E-state index contributed by atoms with van der Waals surface area (Å²) >= 11 is 0. The van der Waals surface area contributed by atoms with E-state index in [-0.39, 0.29) is 17.4 Å². The quantitative estimate of drug-likeness (QED) is 0.169. The summed E-state index contributed by atoms with van der Waals surface area (Å²) in [7, 11) is 0. The highest BCUT2D eigenvalue weighted by molar-refractivity contribution is 6.26. The van der Waals surface area contributed by atoms with Crippen LogP contribution in [0.5, 0.6) is 0 Å². The van der Waals surface area contributed by atoms with Crippen molar-refractivity contribution >= 4 is 71.2 Å². The topological polar surface area (TPSA) is 29.0 Å². The van der Waals surface area contributed by atoms with Crippen molar-refractivity contribution in [3.05, 3.63) is 186 Å². The molecule has 54 heavy (non-hydrogen) atoms. The lowest BCUT2D eigenvalue weighted by Gasteiger charge is -2.32. The molecular weight excluding hydrogens is 655 g/mol. The molecule has 0 saturated heterocycles. The zero-order valence-corrected chi connectivity index (χ0v) is 30.1. The molecule has 1 aromatic heterocycles. The monoisotopic (exact) mass is 689 g/mol. The Balaban J connectivity index is 1.16. The number of allylic oxidation sites excluding steroid dienone is 2. The maximum absolute atomic E-state index is 5.57. The van der Waals surface area contributed by atoms with E-state index in [1.807, 2.05) is 0 Å². The molecule has 0 fully saturated rings. The van der Waals surface area contributed by atoms with Gasteiger partial charge in [0.25, 0.3) is 0 Å². The first-order valence-corrected chi connectivity index (χ1v) is 19.0. The standard InChI is InChI=1S/C51H35N3/c1-51(2)44-21-11-9-19-37(44)41-27-43-42-26-39-35-17-7-5-15-33(35)34-16-6-8-18-36(34)40(39)28-47(42)54(48(43)29-45(41)51)50-52-46-22-12-10-20-38(46)49(53-50)32-24-23-30-13-3-4-14-31(30)25-32/h3-29,43,48H,1-2H3. The van der Waals surface area contributed by atoms with Crippen LogP contribution in [0, 0.1) is 0 Å². The van der Waals surface area contributed by atoms with Crippen LogP contribution in [0.4, 0.5) is 11.6 Å². The van der Waals surface area contributed by atoms with Crippen molar-refractivity contribution < 1.29 is 0 Å². The Labute approximate surface area is 313 Å². The van der Waals surface area contributed by atoms with Crippen molar-refractivity contribution in [2.45, 2.75) is 31.2 Å². The van der Waals surface area contributed by atoms with Gasteiger partial charge in [0.15, 0.2) is 0 Å². The lowest BCUT2D eigenvalue weighted by atomic mass is 9.77. The molecule has 2 aliphatic carbocycles. The highest BCUT2D eigenvalue weighted by Gasteiger charge is 2.47. The van der Waals surface area contributed by atoms with Gasteiger partial charge in [-0.25, -0.2) is 9.97 Å². The van der Waals surface area contributed by atoms with Gasteiger partial charge in [-0.3, -0.25) is 0 Å². The van der Waals surface area contributed by atoms with Crippen molar-refractivity contribution in [3.63, 3.8) is 0 Å². The third-order valence-corrected chi connectivity index (χ3v) is 12.5. The summed E-state index contributed by atoms with van der Waals surface area (Å²) in [6.07, 6.45) is 5.11. The summed E-state index contributed by atoms with van der Waals surface area (Å²) in [4.78, 5) is 13.4. The number of hydrogen-bond acceptors (Lipinski definition) is 3. The highest BCUT2D eigenvalue weighted by Crippen LogP contribution is 2.58. The van der Waals surface area contributed by atoms with E-state index in [1.54, 1.807) is 0 Å². The summed E-state index contributed by atoms with van der Waals surface area (Å²) in [5.41, 5.74) is 10.9. The molecule has 0 saturated carbocycles. The summed E-state index contributed by atoms with van der Waals surface area (Å²) < 4.78 is 0. The van der Waals surface area contributed by atoms with Gasteiger partial charge < -0.3 is 4.90 Å². The van der Waals surface area contributed by atoms with Crippen LogP contribution in [-0.2, 0) is 5.41 Å². The van der Waals surface area contributed by atoms with Crippen LogP contribution >= 0.6 is 0 Å². The summed E-state index contributed by atoms with van der Waals surface area (Å²) in [6.45, 7) is 4.75. The molecule has 2 heterocycles. The fourth-order valence-electron chi connectivity index (χ4n) is 9.99. The first kappa shape index (κ1) is 29.9. The number of aromatic nitrogens is 2. The van der Waals surface area contributed by atoms with Crippen molar-refractivity contribution in [1.82, 2.24) is 9.97 Å².